The SMILES string of the molecule is CCCCCCCC/C=C/C/C=C/C=C/C(O)CCCC(=O)OC[C@H](COP(=O)(O)OC[C@@H](O)CO)OC(=O)CCCCCCCCCCC(C)C. The Kier molecular flexibility index (Phi) is 33.6. The summed E-state index contributed by atoms with van der Waals surface area (Å²) in [5.41, 5.74) is 0. The number of aliphatic hydroxyl groups excluding tert-OH is 3. The van der Waals surface area contributed by atoms with Crippen molar-refractivity contribution in [3.8, 4) is 0 Å². The Morgan fingerprint density at radius 1 is 0.692 bits per heavy atom. The van der Waals surface area contributed by atoms with Crippen molar-refractivity contribution in [3.63, 3.8) is 0 Å². The molecule has 0 amide bonds. The fourth-order valence-electron chi connectivity index (χ4n) is 5.19. The minimum Gasteiger partial charge on any atom is -0.462 e. The van der Waals surface area contributed by atoms with Gasteiger partial charge in [-0.3, -0.25) is 18.6 Å². The zero-order valence-electron chi connectivity index (χ0n) is 32.5. The van der Waals surface area contributed by atoms with Crippen LogP contribution < -0.4 is 0 Å². The van der Waals surface area contributed by atoms with Crippen LogP contribution >= 0.6 is 7.82 Å². The first-order valence-electron chi connectivity index (χ1n) is 19.9. The summed E-state index contributed by atoms with van der Waals surface area (Å²) in [5.74, 6) is -0.382. The molecule has 4 atom stereocenters. The molecule has 12 heteroatoms. The first-order chi connectivity index (χ1) is 25.0. The third-order valence-corrected chi connectivity index (χ3v) is 9.28. The lowest BCUT2D eigenvalue weighted by Crippen LogP contribution is -2.30. The van der Waals surface area contributed by atoms with Gasteiger partial charge in [-0.15, -0.1) is 0 Å². The summed E-state index contributed by atoms with van der Waals surface area (Å²) < 4.78 is 32.4. The molecule has 4 N–H and O–H groups in total. The van der Waals surface area contributed by atoms with Gasteiger partial charge in [0.05, 0.1) is 25.9 Å². The quantitative estimate of drug-likeness (QED) is 0.0158. The van der Waals surface area contributed by atoms with Crippen LogP contribution in [0, 0.1) is 5.92 Å². The van der Waals surface area contributed by atoms with Gasteiger partial charge in [0.25, 0.3) is 0 Å². The van der Waals surface area contributed by atoms with Gasteiger partial charge in [-0.05, 0) is 44.4 Å². The van der Waals surface area contributed by atoms with Gasteiger partial charge < -0.3 is 29.7 Å². The molecular formula is C40H73O11P. The van der Waals surface area contributed by atoms with Crippen LogP contribution in [0.15, 0.2) is 36.5 Å². The van der Waals surface area contributed by atoms with Gasteiger partial charge in [0.1, 0.15) is 12.7 Å². The molecule has 0 heterocycles. The third kappa shape index (κ3) is 35.2. The van der Waals surface area contributed by atoms with E-state index in [9.17, 15) is 29.3 Å². The number of phosphoric ester groups is 1. The highest BCUT2D eigenvalue weighted by atomic mass is 31.2. The Balaban J connectivity index is 4.53. The summed E-state index contributed by atoms with van der Waals surface area (Å²) >= 11 is 0. The second-order valence-corrected chi connectivity index (χ2v) is 15.4. The van der Waals surface area contributed by atoms with E-state index in [0.29, 0.717) is 19.3 Å². The molecule has 0 aromatic heterocycles. The number of allylic oxidation sites excluding steroid dienone is 5. The number of carbonyl (C=O) groups excluding carboxylic acids is 2. The molecule has 0 saturated carbocycles. The normalized spacial score (nSPS) is 15.1. The zero-order valence-corrected chi connectivity index (χ0v) is 33.4. The molecule has 0 bridgehead atoms. The van der Waals surface area contributed by atoms with E-state index >= 15 is 0 Å². The number of phosphoric acid groups is 1. The van der Waals surface area contributed by atoms with E-state index in [1.54, 1.807) is 12.2 Å². The molecule has 0 aromatic rings. The maximum atomic E-state index is 12.5. The third-order valence-electron chi connectivity index (χ3n) is 8.33. The number of ether oxygens (including phenoxy) is 2. The van der Waals surface area contributed by atoms with E-state index in [2.05, 4.69) is 37.4 Å². The fraction of sp³-hybridized carbons (Fsp3) is 0.800. The average Bonchev–Trinajstić information content (AvgIpc) is 3.11. The van der Waals surface area contributed by atoms with Crippen LogP contribution in [0.4, 0.5) is 0 Å². The van der Waals surface area contributed by atoms with Crippen LogP contribution in [-0.2, 0) is 32.7 Å². The Hall–Kier alpha value is -1.85. The van der Waals surface area contributed by atoms with E-state index in [1.807, 2.05) is 12.2 Å². The van der Waals surface area contributed by atoms with E-state index in [1.165, 1.54) is 70.6 Å². The highest BCUT2D eigenvalue weighted by Gasteiger charge is 2.27. The topological polar surface area (TPSA) is 169 Å². The molecule has 0 saturated heterocycles. The minimum atomic E-state index is -4.65. The molecule has 0 spiro atoms. The molecule has 0 aliphatic rings. The van der Waals surface area contributed by atoms with Gasteiger partial charge in [0.2, 0.25) is 0 Å². The molecule has 0 radical (unpaired) electrons. The summed E-state index contributed by atoms with van der Waals surface area (Å²) in [6, 6.07) is 0. The monoisotopic (exact) mass is 760 g/mol. The Labute approximate surface area is 314 Å². The lowest BCUT2D eigenvalue weighted by Gasteiger charge is -2.20. The van der Waals surface area contributed by atoms with Crippen LogP contribution in [-0.4, -0.2) is 76.9 Å². The van der Waals surface area contributed by atoms with E-state index in [0.717, 1.165) is 38.0 Å². The van der Waals surface area contributed by atoms with Crippen molar-refractivity contribution in [2.75, 3.05) is 26.4 Å². The van der Waals surface area contributed by atoms with Crippen molar-refractivity contribution >= 4 is 19.8 Å². The minimum absolute atomic E-state index is 0.0179. The molecule has 0 aliphatic heterocycles. The zero-order chi connectivity index (χ0) is 38.7. The Morgan fingerprint density at radius 2 is 1.31 bits per heavy atom. The number of carbonyl (C=O) groups is 2. The lowest BCUT2D eigenvalue weighted by atomic mass is 10.0. The van der Waals surface area contributed by atoms with Crippen molar-refractivity contribution in [3.05, 3.63) is 36.5 Å². The second-order valence-electron chi connectivity index (χ2n) is 14.0. The van der Waals surface area contributed by atoms with Crippen molar-refractivity contribution < 1.29 is 52.9 Å². The lowest BCUT2D eigenvalue weighted by molar-refractivity contribution is -0.161. The number of hydrogen-bond acceptors (Lipinski definition) is 10. The average molecular weight is 761 g/mol. The van der Waals surface area contributed by atoms with Crippen LogP contribution in [0.3, 0.4) is 0 Å². The highest BCUT2D eigenvalue weighted by Crippen LogP contribution is 2.43. The molecule has 2 unspecified atom stereocenters. The van der Waals surface area contributed by atoms with Gasteiger partial charge in [-0.25, -0.2) is 4.57 Å². The van der Waals surface area contributed by atoms with Gasteiger partial charge >= 0.3 is 19.8 Å². The molecule has 0 aliphatic carbocycles. The molecule has 11 nitrogen and oxygen atoms in total. The molecule has 0 rings (SSSR count). The second kappa shape index (κ2) is 34.9. The summed E-state index contributed by atoms with van der Waals surface area (Å²) in [4.78, 5) is 34.8. The Morgan fingerprint density at radius 3 is 1.98 bits per heavy atom. The van der Waals surface area contributed by atoms with Crippen molar-refractivity contribution in [1.82, 2.24) is 0 Å². The first-order valence-corrected chi connectivity index (χ1v) is 21.4. The molecule has 0 fully saturated rings. The number of unbranched alkanes of at least 4 members (excludes halogenated alkanes) is 13. The van der Waals surface area contributed by atoms with Gasteiger partial charge in [0, 0.05) is 12.8 Å². The van der Waals surface area contributed by atoms with Gasteiger partial charge in [-0.1, -0.05) is 141 Å². The maximum absolute atomic E-state index is 12.5. The maximum Gasteiger partial charge on any atom is 0.472 e. The smallest absolute Gasteiger partial charge is 0.462 e. The van der Waals surface area contributed by atoms with Crippen LogP contribution in [0.25, 0.3) is 0 Å². The number of aliphatic hydroxyl groups is 3. The van der Waals surface area contributed by atoms with E-state index < -0.39 is 64.5 Å². The van der Waals surface area contributed by atoms with Gasteiger partial charge in [-0.2, -0.15) is 0 Å². The van der Waals surface area contributed by atoms with Crippen molar-refractivity contribution in [2.24, 2.45) is 5.92 Å². The Bertz CT molecular complexity index is 998. The standard InChI is InChI=1S/C40H73O11P/c1-4-5-6-7-8-9-10-11-12-13-17-20-23-27-36(42)28-25-30-39(44)48-33-38(34-50-52(46,47)49-32-37(43)31-41)51-40(45)29-24-21-18-15-14-16-19-22-26-35(2)3/h11-12,17,20,23,27,35-38,41-43H,4-10,13-16,18-19,21-22,24-26,28-34H2,1-3H3,(H,46,47)/b12-11+,20-17+,27-23+/t36?,37-,38+/m0/s1. The molecule has 52 heavy (non-hydrogen) atoms. The molecule has 304 valence electrons. The van der Waals surface area contributed by atoms with Crippen LogP contribution in [0.5, 0.6) is 0 Å². The highest BCUT2D eigenvalue weighted by molar-refractivity contribution is 7.47. The number of rotatable bonds is 36. The molecule has 0 aromatic carbocycles. The molecular weight excluding hydrogens is 687 g/mol. The summed E-state index contributed by atoms with van der Waals surface area (Å²) in [6.45, 7) is 4.40. The predicted molar refractivity (Wildman–Crippen MR) is 207 cm³/mol. The van der Waals surface area contributed by atoms with Crippen LogP contribution in [0.2, 0.25) is 0 Å². The number of hydrogen-bond donors (Lipinski definition) is 4. The summed E-state index contributed by atoms with van der Waals surface area (Å²) in [7, 11) is -4.65. The van der Waals surface area contributed by atoms with E-state index in [4.69, 9.17) is 19.1 Å². The van der Waals surface area contributed by atoms with Crippen LogP contribution in [0.1, 0.15) is 156 Å². The summed E-state index contributed by atoms with van der Waals surface area (Å²) in [5, 5.41) is 28.5. The number of esters is 2. The van der Waals surface area contributed by atoms with Crippen molar-refractivity contribution in [1.29, 1.82) is 0 Å². The first kappa shape index (κ1) is 50.1. The van der Waals surface area contributed by atoms with E-state index in [-0.39, 0.29) is 12.8 Å². The van der Waals surface area contributed by atoms with Gasteiger partial charge in [0.15, 0.2) is 6.10 Å². The summed E-state index contributed by atoms with van der Waals surface area (Å²) in [6.07, 6.45) is 28.8. The fourth-order valence-corrected chi connectivity index (χ4v) is 5.98. The van der Waals surface area contributed by atoms with Crippen molar-refractivity contribution in [2.45, 2.75) is 174 Å². The largest absolute Gasteiger partial charge is 0.472 e. The predicted octanol–water partition coefficient (Wildman–Crippen LogP) is 8.83.